The highest BCUT2D eigenvalue weighted by atomic mass is 32.1. The van der Waals surface area contributed by atoms with Crippen LogP contribution in [0.15, 0.2) is 0 Å². The maximum Gasteiger partial charge on any atom is 0.350 e. The van der Waals surface area contributed by atoms with Crippen LogP contribution < -0.4 is 11.1 Å². The van der Waals surface area contributed by atoms with E-state index in [1.165, 1.54) is 11.3 Å². The SMILES string of the molecule is CCOC(=O)c1sc(NC(C)C(C)C)c(C2CC2)c1N. The van der Waals surface area contributed by atoms with Crippen molar-refractivity contribution in [2.45, 2.75) is 52.5 Å². The topological polar surface area (TPSA) is 64.3 Å². The molecule has 0 saturated heterocycles. The number of nitrogen functional groups attached to an aromatic ring is 1. The van der Waals surface area contributed by atoms with Crippen LogP contribution in [0.4, 0.5) is 10.7 Å². The van der Waals surface area contributed by atoms with Gasteiger partial charge in [-0.15, -0.1) is 11.3 Å². The van der Waals surface area contributed by atoms with E-state index in [4.69, 9.17) is 10.5 Å². The summed E-state index contributed by atoms with van der Waals surface area (Å²) in [5.41, 5.74) is 7.95. The van der Waals surface area contributed by atoms with Gasteiger partial charge in [-0.05, 0) is 38.5 Å². The fourth-order valence-electron chi connectivity index (χ4n) is 2.06. The molecule has 3 N–H and O–H groups in total. The van der Waals surface area contributed by atoms with Crippen molar-refractivity contribution in [1.82, 2.24) is 0 Å². The minimum atomic E-state index is -0.304. The van der Waals surface area contributed by atoms with E-state index < -0.39 is 0 Å². The monoisotopic (exact) mass is 296 g/mol. The number of hydrogen-bond acceptors (Lipinski definition) is 5. The Morgan fingerprint density at radius 3 is 2.60 bits per heavy atom. The van der Waals surface area contributed by atoms with Crippen molar-refractivity contribution in [2.24, 2.45) is 5.92 Å². The molecule has 1 aliphatic carbocycles. The van der Waals surface area contributed by atoms with Gasteiger partial charge in [0.05, 0.1) is 17.3 Å². The average Bonchev–Trinajstić information content (AvgIpc) is 3.15. The summed E-state index contributed by atoms with van der Waals surface area (Å²) in [6, 6.07) is 0.348. The largest absolute Gasteiger partial charge is 0.462 e. The minimum absolute atomic E-state index is 0.304. The highest BCUT2D eigenvalue weighted by molar-refractivity contribution is 7.18. The number of nitrogens with two attached hydrogens (primary N) is 1. The third kappa shape index (κ3) is 3.08. The van der Waals surface area contributed by atoms with Crippen LogP contribution in [-0.2, 0) is 4.74 Å². The Bertz CT molecular complexity index is 492. The quantitative estimate of drug-likeness (QED) is 0.783. The van der Waals surface area contributed by atoms with Gasteiger partial charge in [0.1, 0.15) is 4.88 Å². The Kier molecular flexibility index (Phi) is 4.58. The second-order valence-corrected chi connectivity index (χ2v) is 6.78. The van der Waals surface area contributed by atoms with Crippen molar-refractivity contribution < 1.29 is 9.53 Å². The van der Waals surface area contributed by atoms with Crippen molar-refractivity contribution in [3.63, 3.8) is 0 Å². The molecule has 1 heterocycles. The lowest BCUT2D eigenvalue weighted by Gasteiger charge is -2.18. The molecule has 1 unspecified atom stereocenters. The average molecular weight is 296 g/mol. The number of hydrogen-bond donors (Lipinski definition) is 2. The smallest absolute Gasteiger partial charge is 0.350 e. The Hall–Kier alpha value is -1.23. The van der Waals surface area contributed by atoms with Crippen molar-refractivity contribution in [3.8, 4) is 0 Å². The van der Waals surface area contributed by atoms with Gasteiger partial charge in [0.15, 0.2) is 0 Å². The number of carbonyl (C=O) groups excluding carboxylic acids is 1. The number of thiophene rings is 1. The summed E-state index contributed by atoms with van der Waals surface area (Å²) in [7, 11) is 0. The van der Waals surface area contributed by atoms with E-state index in [1.807, 2.05) is 6.92 Å². The second-order valence-electron chi connectivity index (χ2n) is 5.76. The molecule has 1 aliphatic rings. The Morgan fingerprint density at radius 1 is 1.45 bits per heavy atom. The lowest BCUT2D eigenvalue weighted by Crippen LogP contribution is -2.21. The maximum absolute atomic E-state index is 12.0. The highest BCUT2D eigenvalue weighted by Crippen LogP contribution is 2.51. The molecule has 2 rings (SSSR count). The Morgan fingerprint density at radius 2 is 2.10 bits per heavy atom. The van der Waals surface area contributed by atoms with Gasteiger partial charge in [-0.1, -0.05) is 13.8 Å². The molecule has 1 fully saturated rings. The zero-order valence-electron chi connectivity index (χ0n) is 12.7. The fraction of sp³-hybridized carbons (Fsp3) is 0.667. The molecule has 1 atom stereocenters. The predicted octanol–water partition coefficient (Wildman–Crippen LogP) is 3.84. The summed E-state index contributed by atoms with van der Waals surface area (Å²) < 4.78 is 5.09. The first-order valence-electron chi connectivity index (χ1n) is 7.31. The molecule has 20 heavy (non-hydrogen) atoms. The van der Waals surface area contributed by atoms with Crippen LogP contribution in [0.5, 0.6) is 0 Å². The van der Waals surface area contributed by atoms with Crippen molar-refractivity contribution in [3.05, 3.63) is 10.4 Å². The predicted molar refractivity (Wildman–Crippen MR) is 84.6 cm³/mol. The van der Waals surface area contributed by atoms with Crippen molar-refractivity contribution >= 4 is 28.0 Å². The second kappa shape index (κ2) is 6.04. The molecule has 1 aromatic rings. The molecule has 0 aliphatic heterocycles. The van der Waals surface area contributed by atoms with E-state index in [0.717, 1.165) is 23.4 Å². The molecule has 5 heteroatoms. The molecular weight excluding hydrogens is 272 g/mol. The number of ether oxygens (including phenoxy) is 1. The summed E-state index contributed by atoms with van der Waals surface area (Å²) in [4.78, 5) is 12.5. The normalized spacial score (nSPS) is 16.2. The maximum atomic E-state index is 12.0. The molecule has 4 nitrogen and oxygen atoms in total. The van der Waals surface area contributed by atoms with Crippen LogP contribution >= 0.6 is 11.3 Å². The molecule has 1 aromatic heterocycles. The van der Waals surface area contributed by atoms with Crippen molar-refractivity contribution in [2.75, 3.05) is 17.7 Å². The number of esters is 1. The summed E-state index contributed by atoms with van der Waals surface area (Å²) in [5, 5.41) is 4.57. The van der Waals surface area contributed by atoms with Gasteiger partial charge in [-0.25, -0.2) is 4.79 Å². The van der Waals surface area contributed by atoms with Crippen LogP contribution in [0.3, 0.4) is 0 Å². The zero-order chi connectivity index (χ0) is 14.9. The molecule has 0 amide bonds. The summed E-state index contributed by atoms with van der Waals surface area (Å²) in [6.45, 7) is 8.69. The first-order chi connectivity index (χ1) is 9.45. The van der Waals surface area contributed by atoms with E-state index >= 15 is 0 Å². The van der Waals surface area contributed by atoms with Gasteiger partial charge in [-0.3, -0.25) is 0 Å². The van der Waals surface area contributed by atoms with E-state index in [-0.39, 0.29) is 5.97 Å². The Balaban J connectivity index is 2.30. The highest BCUT2D eigenvalue weighted by Gasteiger charge is 2.33. The first kappa shape index (κ1) is 15.2. The number of rotatable bonds is 6. The molecule has 112 valence electrons. The first-order valence-corrected chi connectivity index (χ1v) is 8.13. The molecular formula is C15H24N2O2S. The lowest BCUT2D eigenvalue weighted by molar-refractivity contribution is 0.0533. The van der Waals surface area contributed by atoms with E-state index in [2.05, 4.69) is 26.1 Å². The molecule has 1 saturated carbocycles. The minimum Gasteiger partial charge on any atom is -0.462 e. The van der Waals surface area contributed by atoms with Gasteiger partial charge >= 0.3 is 5.97 Å². The van der Waals surface area contributed by atoms with Crippen LogP contribution in [0.25, 0.3) is 0 Å². The standard InChI is InChI=1S/C15H24N2O2S/c1-5-19-15(18)13-12(16)11(10-6-7-10)14(20-13)17-9(4)8(2)3/h8-10,17H,5-7,16H2,1-4H3. The van der Waals surface area contributed by atoms with Gasteiger partial charge in [0.25, 0.3) is 0 Å². The van der Waals surface area contributed by atoms with E-state index in [0.29, 0.717) is 35.0 Å². The van der Waals surface area contributed by atoms with Gasteiger partial charge in [0.2, 0.25) is 0 Å². The van der Waals surface area contributed by atoms with E-state index in [1.54, 1.807) is 0 Å². The molecule has 0 bridgehead atoms. The van der Waals surface area contributed by atoms with Crippen LogP contribution in [0.1, 0.15) is 61.7 Å². The van der Waals surface area contributed by atoms with Crippen LogP contribution in [-0.4, -0.2) is 18.6 Å². The van der Waals surface area contributed by atoms with Crippen LogP contribution in [0.2, 0.25) is 0 Å². The van der Waals surface area contributed by atoms with Crippen molar-refractivity contribution in [1.29, 1.82) is 0 Å². The molecule has 0 spiro atoms. The summed E-state index contributed by atoms with van der Waals surface area (Å²) >= 11 is 1.44. The number of anilines is 2. The van der Waals surface area contributed by atoms with Gasteiger partial charge < -0.3 is 15.8 Å². The van der Waals surface area contributed by atoms with Crippen LogP contribution in [0, 0.1) is 5.92 Å². The zero-order valence-corrected chi connectivity index (χ0v) is 13.5. The fourth-order valence-corrected chi connectivity index (χ4v) is 3.26. The third-order valence-corrected chi connectivity index (χ3v) is 4.92. The summed E-state index contributed by atoms with van der Waals surface area (Å²) in [6.07, 6.45) is 2.32. The third-order valence-electron chi connectivity index (χ3n) is 3.79. The van der Waals surface area contributed by atoms with Gasteiger partial charge in [-0.2, -0.15) is 0 Å². The van der Waals surface area contributed by atoms with E-state index in [9.17, 15) is 4.79 Å². The Labute approximate surface area is 124 Å². The molecule has 0 aromatic carbocycles. The number of nitrogens with one attached hydrogen (secondary N) is 1. The lowest BCUT2D eigenvalue weighted by atomic mass is 10.1. The van der Waals surface area contributed by atoms with Gasteiger partial charge in [0, 0.05) is 11.6 Å². The number of carbonyl (C=O) groups is 1. The molecule has 0 radical (unpaired) electrons. The summed E-state index contributed by atoms with van der Waals surface area (Å²) in [5.74, 6) is 0.731.